The minimum Gasteiger partial charge on any atom is -0.343 e. The Labute approximate surface area is 179 Å². The first-order valence-corrected chi connectivity index (χ1v) is 12.0. The molecule has 0 atom stereocenters. The first kappa shape index (κ1) is 22.3. The number of aryl methyl sites for hydroxylation is 2. The molecule has 1 aromatic carbocycles. The van der Waals surface area contributed by atoms with Crippen LogP contribution in [-0.4, -0.2) is 55.0 Å². The molecule has 162 valence electrons. The number of nitrogens with one attached hydrogen (secondary N) is 2. The average molecular weight is 452 g/mol. The third kappa shape index (κ3) is 5.61. The molecule has 0 unspecified atom stereocenters. The summed E-state index contributed by atoms with van der Waals surface area (Å²) in [6.07, 6.45) is 1.20. The molecule has 0 aliphatic carbocycles. The monoisotopic (exact) mass is 451 g/mol. The highest BCUT2D eigenvalue weighted by Gasteiger charge is 2.28. The molecular weight excluding hydrogens is 426 g/mol. The number of rotatable bonds is 7. The third-order valence-corrected chi connectivity index (χ3v) is 7.29. The summed E-state index contributed by atoms with van der Waals surface area (Å²) in [4.78, 5) is 26.6. The maximum absolute atomic E-state index is 12.5. The first-order chi connectivity index (χ1) is 14.3. The van der Waals surface area contributed by atoms with Gasteiger partial charge in [0.25, 0.3) is 0 Å². The molecule has 1 saturated heterocycles. The number of benzene rings is 1. The number of carbonyl (C=O) groups is 2. The highest BCUT2D eigenvalue weighted by atomic mass is 32.2. The lowest BCUT2D eigenvalue weighted by Crippen LogP contribution is -2.42. The SMILES string of the molecule is Cc1ccc(S(=O)(=O)NCCC(=O)N2CCC(C(=O)Nc3nncs3)CC2)c(C)c1. The van der Waals surface area contributed by atoms with E-state index in [1.165, 1.54) is 11.3 Å². The van der Waals surface area contributed by atoms with E-state index in [2.05, 4.69) is 20.2 Å². The van der Waals surface area contributed by atoms with Gasteiger partial charge >= 0.3 is 0 Å². The molecule has 2 heterocycles. The zero-order valence-corrected chi connectivity index (χ0v) is 18.6. The van der Waals surface area contributed by atoms with Gasteiger partial charge in [-0.15, -0.1) is 10.2 Å². The van der Waals surface area contributed by atoms with Crippen molar-refractivity contribution >= 4 is 38.3 Å². The number of sulfonamides is 1. The minimum atomic E-state index is -3.66. The summed E-state index contributed by atoms with van der Waals surface area (Å²) in [6.45, 7) is 4.62. The van der Waals surface area contributed by atoms with Crippen molar-refractivity contribution in [1.82, 2.24) is 19.8 Å². The Morgan fingerprint density at radius 2 is 1.97 bits per heavy atom. The Morgan fingerprint density at radius 3 is 2.60 bits per heavy atom. The predicted molar refractivity (Wildman–Crippen MR) is 114 cm³/mol. The van der Waals surface area contributed by atoms with Crippen molar-refractivity contribution in [1.29, 1.82) is 0 Å². The molecule has 0 bridgehead atoms. The van der Waals surface area contributed by atoms with Crippen molar-refractivity contribution in [2.24, 2.45) is 5.92 Å². The van der Waals surface area contributed by atoms with Crippen LogP contribution in [0.2, 0.25) is 0 Å². The number of hydrogen-bond acceptors (Lipinski definition) is 7. The van der Waals surface area contributed by atoms with E-state index < -0.39 is 10.0 Å². The molecule has 2 N–H and O–H groups in total. The molecule has 0 saturated carbocycles. The zero-order valence-electron chi connectivity index (χ0n) is 16.9. The van der Waals surface area contributed by atoms with Gasteiger partial charge < -0.3 is 10.2 Å². The van der Waals surface area contributed by atoms with Crippen LogP contribution in [0, 0.1) is 19.8 Å². The molecule has 1 aromatic heterocycles. The van der Waals surface area contributed by atoms with E-state index >= 15 is 0 Å². The van der Waals surface area contributed by atoms with Crippen LogP contribution in [0.15, 0.2) is 28.6 Å². The molecule has 11 heteroatoms. The molecule has 0 spiro atoms. The van der Waals surface area contributed by atoms with E-state index in [0.29, 0.717) is 36.6 Å². The summed E-state index contributed by atoms with van der Waals surface area (Å²) in [5.74, 6) is -0.414. The molecule has 30 heavy (non-hydrogen) atoms. The van der Waals surface area contributed by atoms with Gasteiger partial charge in [0.05, 0.1) is 4.90 Å². The van der Waals surface area contributed by atoms with Crippen LogP contribution < -0.4 is 10.0 Å². The molecule has 1 aliphatic rings. The highest BCUT2D eigenvalue weighted by Crippen LogP contribution is 2.21. The quantitative estimate of drug-likeness (QED) is 0.661. The minimum absolute atomic E-state index is 0.0337. The second-order valence-electron chi connectivity index (χ2n) is 7.30. The van der Waals surface area contributed by atoms with E-state index in [9.17, 15) is 18.0 Å². The third-order valence-electron chi connectivity index (χ3n) is 5.06. The summed E-state index contributed by atoms with van der Waals surface area (Å²) < 4.78 is 27.5. The lowest BCUT2D eigenvalue weighted by atomic mass is 9.96. The Morgan fingerprint density at radius 1 is 1.23 bits per heavy atom. The fourth-order valence-electron chi connectivity index (χ4n) is 3.46. The second kappa shape index (κ2) is 9.63. The van der Waals surface area contributed by atoms with Gasteiger partial charge in [0.15, 0.2) is 0 Å². The van der Waals surface area contributed by atoms with Crippen LogP contribution in [0.5, 0.6) is 0 Å². The lowest BCUT2D eigenvalue weighted by molar-refractivity contribution is -0.134. The van der Waals surface area contributed by atoms with E-state index in [-0.39, 0.29) is 35.6 Å². The smallest absolute Gasteiger partial charge is 0.240 e. The highest BCUT2D eigenvalue weighted by molar-refractivity contribution is 7.89. The maximum Gasteiger partial charge on any atom is 0.240 e. The predicted octanol–water partition coefficient (Wildman–Crippen LogP) is 1.70. The molecule has 9 nitrogen and oxygen atoms in total. The molecule has 2 aromatic rings. The van der Waals surface area contributed by atoms with Crippen LogP contribution in [-0.2, 0) is 19.6 Å². The van der Waals surface area contributed by atoms with Gasteiger partial charge in [-0.05, 0) is 38.3 Å². The van der Waals surface area contributed by atoms with Crippen molar-refractivity contribution in [2.75, 3.05) is 25.0 Å². The molecule has 2 amide bonds. The molecule has 1 fully saturated rings. The van der Waals surface area contributed by atoms with Crippen molar-refractivity contribution in [2.45, 2.75) is 38.0 Å². The summed E-state index contributed by atoms with van der Waals surface area (Å²) >= 11 is 1.26. The fourth-order valence-corrected chi connectivity index (χ4v) is 5.16. The first-order valence-electron chi connectivity index (χ1n) is 9.68. The Balaban J connectivity index is 1.44. The van der Waals surface area contributed by atoms with Crippen molar-refractivity contribution in [3.8, 4) is 0 Å². The molecule has 1 aliphatic heterocycles. The van der Waals surface area contributed by atoms with Crippen molar-refractivity contribution < 1.29 is 18.0 Å². The average Bonchev–Trinajstić information content (AvgIpc) is 3.20. The van der Waals surface area contributed by atoms with Crippen molar-refractivity contribution in [3.63, 3.8) is 0 Å². The number of carbonyl (C=O) groups excluding carboxylic acids is 2. The molecule has 3 rings (SSSR count). The van der Waals surface area contributed by atoms with Crippen molar-refractivity contribution in [3.05, 3.63) is 34.8 Å². The van der Waals surface area contributed by atoms with Crippen LogP contribution in [0.25, 0.3) is 0 Å². The van der Waals surface area contributed by atoms with E-state index in [4.69, 9.17) is 0 Å². The summed E-state index contributed by atoms with van der Waals surface area (Å²) in [6, 6.07) is 5.13. The summed E-state index contributed by atoms with van der Waals surface area (Å²) in [7, 11) is -3.66. The topological polar surface area (TPSA) is 121 Å². The Hall–Kier alpha value is -2.37. The number of aromatic nitrogens is 2. The van der Waals surface area contributed by atoms with Gasteiger partial charge in [0.1, 0.15) is 5.51 Å². The standard InChI is InChI=1S/C19H25N5O4S2/c1-13-3-4-16(14(2)11-13)30(27,28)21-8-5-17(25)24-9-6-15(7-10-24)18(26)22-19-23-20-12-29-19/h3-4,11-12,15,21H,5-10H2,1-2H3,(H,22,23,26). The number of anilines is 1. The summed E-state index contributed by atoms with van der Waals surface area (Å²) in [5.41, 5.74) is 3.20. The van der Waals surface area contributed by atoms with Gasteiger partial charge in [-0.25, -0.2) is 13.1 Å². The Kier molecular flexibility index (Phi) is 7.16. The zero-order chi connectivity index (χ0) is 21.7. The maximum atomic E-state index is 12.5. The van der Waals surface area contributed by atoms with Gasteiger partial charge in [-0.1, -0.05) is 29.0 Å². The number of likely N-dealkylation sites (tertiary alicyclic amines) is 1. The number of hydrogen-bond donors (Lipinski definition) is 2. The van der Waals surface area contributed by atoms with Gasteiger partial charge in [-0.3, -0.25) is 9.59 Å². The van der Waals surface area contributed by atoms with Gasteiger partial charge in [0.2, 0.25) is 27.0 Å². The van der Waals surface area contributed by atoms with Gasteiger partial charge in [0, 0.05) is 32.0 Å². The lowest BCUT2D eigenvalue weighted by Gasteiger charge is -2.31. The van der Waals surface area contributed by atoms with E-state index in [1.807, 2.05) is 13.0 Å². The van der Waals surface area contributed by atoms with Crippen LogP contribution >= 0.6 is 11.3 Å². The van der Waals surface area contributed by atoms with Crippen LogP contribution in [0.3, 0.4) is 0 Å². The largest absolute Gasteiger partial charge is 0.343 e. The van der Waals surface area contributed by atoms with E-state index in [0.717, 1.165) is 5.56 Å². The normalized spacial score (nSPS) is 15.2. The summed E-state index contributed by atoms with van der Waals surface area (Å²) in [5, 5.41) is 10.7. The van der Waals surface area contributed by atoms with Gasteiger partial charge in [-0.2, -0.15) is 0 Å². The fraction of sp³-hybridized carbons (Fsp3) is 0.474. The Bertz CT molecular complexity index is 1000. The number of amides is 2. The second-order valence-corrected chi connectivity index (χ2v) is 9.87. The van der Waals surface area contributed by atoms with Crippen LogP contribution in [0.1, 0.15) is 30.4 Å². The number of piperidine rings is 1. The molecule has 0 radical (unpaired) electrons. The van der Waals surface area contributed by atoms with E-state index in [1.54, 1.807) is 29.5 Å². The number of nitrogens with zero attached hydrogens (tertiary/aromatic N) is 3. The molecular formula is C19H25N5O4S2. The van der Waals surface area contributed by atoms with Crippen LogP contribution in [0.4, 0.5) is 5.13 Å².